The highest BCUT2D eigenvalue weighted by atomic mass is 16.2. The highest BCUT2D eigenvalue weighted by Crippen LogP contribution is 2.23. The molecule has 3 heteroatoms. The zero-order chi connectivity index (χ0) is 11.5. The number of carbonyl (C=O) groups is 3. The summed E-state index contributed by atoms with van der Waals surface area (Å²) in [5.74, 6) is -1.25. The van der Waals surface area contributed by atoms with Crippen molar-refractivity contribution >= 4 is 17.3 Å². The quantitative estimate of drug-likeness (QED) is 0.647. The van der Waals surface area contributed by atoms with Crippen LogP contribution in [0.5, 0.6) is 0 Å². The Morgan fingerprint density at radius 1 is 1.07 bits per heavy atom. The predicted molar refractivity (Wildman–Crippen MR) is 53.9 cm³/mol. The second-order valence-electron chi connectivity index (χ2n) is 4.68. The van der Waals surface area contributed by atoms with Gasteiger partial charge in [0, 0.05) is 11.8 Å². The molecule has 0 aromatic carbocycles. The van der Waals surface area contributed by atoms with Crippen LogP contribution in [0.2, 0.25) is 0 Å². The van der Waals surface area contributed by atoms with Crippen molar-refractivity contribution in [2.75, 3.05) is 0 Å². The van der Waals surface area contributed by atoms with E-state index in [1.54, 1.807) is 20.8 Å². The molecule has 1 atom stereocenters. The van der Waals surface area contributed by atoms with E-state index >= 15 is 0 Å². The molecule has 0 aliphatic heterocycles. The van der Waals surface area contributed by atoms with Crippen molar-refractivity contribution in [3.63, 3.8) is 0 Å². The lowest BCUT2D eigenvalue weighted by Gasteiger charge is -2.21. The van der Waals surface area contributed by atoms with E-state index in [9.17, 15) is 14.4 Å². The third-order valence-electron chi connectivity index (χ3n) is 2.04. The minimum atomic E-state index is -0.757. The van der Waals surface area contributed by atoms with Crippen molar-refractivity contribution < 1.29 is 14.4 Å². The number of hydrogen-bond donors (Lipinski definition) is 0. The molecular formula is C11H18O3. The van der Waals surface area contributed by atoms with E-state index in [1.807, 2.05) is 0 Å². The molecule has 0 aromatic heterocycles. The zero-order valence-corrected chi connectivity index (χ0v) is 9.51. The highest BCUT2D eigenvalue weighted by Gasteiger charge is 2.33. The largest absolute Gasteiger partial charge is 0.300 e. The summed E-state index contributed by atoms with van der Waals surface area (Å²) in [4.78, 5) is 33.8. The Morgan fingerprint density at radius 3 is 1.71 bits per heavy atom. The van der Waals surface area contributed by atoms with Gasteiger partial charge in [-0.15, -0.1) is 0 Å². The standard InChI is InChI=1S/C11H18O3/c1-7(12)6-9(8(2)13)10(14)11(3,4)5/h9H,6H2,1-5H3. The fourth-order valence-electron chi connectivity index (χ4n) is 1.23. The number of hydrogen-bond acceptors (Lipinski definition) is 3. The molecule has 0 saturated heterocycles. The maximum atomic E-state index is 11.8. The molecule has 0 N–H and O–H groups in total. The van der Waals surface area contributed by atoms with Crippen LogP contribution >= 0.6 is 0 Å². The first-order valence-electron chi connectivity index (χ1n) is 4.70. The minimum Gasteiger partial charge on any atom is -0.300 e. The van der Waals surface area contributed by atoms with E-state index < -0.39 is 11.3 Å². The van der Waals surface area contributed by atoms with Crippen LogP contribution in [0, 0.1) is 11.3 Å². The van der Waals surface area contributed by atoms with Gasteiger partial charge < -0.3 is 0 Å². The van der Waals surface area contributed by atoms with Crippen molar-refractivity contribution in [3.8, 4) is 0 Å². The Hall–Kier alpha value is -0.990. The van der Waals surface area contributed by atoms with Crippen LogP contribution in [0.25, 0.3) is 0 Å². The number of carbonyl (C=O) groups excluding carboxylic acids is 3. The second-order valence-corrected chi connectivity index (χ2v) is 4.68. The average molecular weight is 198 g/mol. The van der Waals surface area contributed by atoms with Crippen LogP contribution in [0.3, 0.4) is 0 Å². The summed E-state index contributed by atoms with van der Waals surface area (Å²) in [6.07, 6.45) is 0.0332. The smallest absolute Gasteiger partial charge is 0.149 e. The predicted octanol–water partition coefficient (Wildman–Crippen LogP) is 1.79. The summed E-state index contributed by atoms with van der Waals surface area (Å²) >= 11 is 0. The first-order chi connectivity index (χ1) is 6.16. The molecule has 0 fully saturated rings. The topological polar surface area (TPSA) is 51.2 Å². The molecule has 0 saturated carbocycles. The molecule has 80 valence electrons. The normalized spacial score (nSPS) is 13.5. The van der Waals surface area contributed by atoms with Crippen molar-refractivity contribution in [2.24, 2.45) is 11.3 Å². The van der Waals surface area contributed by atoms with Crippen LogP contribution in [0.15, 0.2) is 0 Å². The van der Waals surface area contributed by atoms with Crippen molar-refractivity contribution in [1.82, 2.24) is 0 Å². The zero-order valence-electron chi connectivity index (χ0n) is 9.51. The summed E-state index contributed by atoms with van der Waals surface area (Å²) in [7, 11) is 0. The van der Waals surface area contributed by atoms with Crippen LogP contribution in [-0.4, -0.2) is 17.3 Å². The third kappa shape index (κ3) is 3.81. The fraction of sp³-hybridized carbons (Fsp3) is 0.727. The molecule has 14 heavy (non-hydrogen) atoms. The van der Waals surface area contributed by atoms with Crippen LogP contribution in [0.1, 0.15) is 41.0 Å². The molecule has 0 bridgehead atoms. The van der Waals surface area contributed by atoms with Gasteiger partial charge in [0.1, 0.15) is 17.3 Å². The molecular weight excluding hydrogens is 180 g/mol. The Balaban J connectivity index is 4.76. The highest BCUT2D eigenvalue weighted by molar-refractivity contribution is 6.06. The van der Waals surface area contributed by atoms with Gasteiger partial charge in [0.05, 0.1) is 5.92 Å². The lowest BCUT2D eigenvalue weighted by atomic mass is 9.79. The van der Waals surface area contributed by atoms with E-state index in [0.29, 0.717) is 0 Å². The minimum absolute atomic E-state index is 0.0332. The van der Waals surface area contributed by atoms with E-state index in [1.165, 1.54) is 13.8 Å². The van der Waals surface area contributed by atoms with Crippen LogP contribution < -0.4 is 0 Å². The first kappa shape index (κ1) is 13.0. The van der Waals surface area contributed by atoms with Crippen molar-refractivity contribution in [2.45, 2.75) is 41.0 Å². The van der Waals surface area contributed by atoms with Gasteiger partial charge in [-0.2, -0.15) is 0 Å². The molecule has 0 aromatic rings. The maximum Gasteiger partial charge on any atom is 0.149 e. The number of ketones is 3. The molecule has 0 aliphatic rings. The number of rotatable bonds is 4. The molecule has 0 radical (unpaired) electrons. The van der Waals surface area contributed by atoms with Gasteiger partial charge in [-0.05, 0) is 13.8 Å². The molecule has 0 heterocycles. The monoisotopic (exact) mass is 198 g/mol. The Labute approximate surface area is 84.9 Å². The number of Topliss-reactive ketones (excluding diaryl/α,β-unsaturated/α-hetero) is 3. The summed E-state index contributed by atoms with van der Waals surface area (Å²) < 4.78 is 0. The third-order valence-corrected chi connectivity index (χ3v) is 2.04. The fourth-order valence-corrected chi connectivity index (χ4v) is 1.23. The first-order valence-corrected chi connectivity index (χ1v) is 4.70. The van der Waals surface area contributed by atoms with Crippen molar-refractivity contribution in [1.29, 1.82) is 0 Å². The average Bonchev–Trinajstić information content (AvgIpc) is 1.96. The van der Waals surface area contributed by atoms with E-state index in [-0.39, 0.29) is 23.8 Å². The van der Waals surface area contributed by atoms with Gasteiger partial charge in [-0.1, -0.05) is 20.8 Å². The van der Waals surface area contributed by atoms with Crippen LogP contribution in [-0.2, 0) is 14.4 Å². The summed E-state index contributed by atoms with van der Waals surface area (Å²) in [5.41, 5.74) is -0.564. The van der Waals surface area contributed by atoms with E-state index in [4.69, 9.17) is 0 Å². The molecule has 1 unspecified atom stereocenters. The Morgan fingerprint density at radius 2 is 1.50 bits per heavy atom. The molecule has 0 rings (SSSR count). The lowest BCUT2D eigenvalue weighted by Crippen LogP contribution is -2.33. The van der Waals surface area contributed by atoms with Gasteiger partial charge in [-0.3, -0.25) is 14.4 Å². The van der Waals surface area contributed by atoms with Crippen LogP contribution in [0.4, 0.5) is 0 Å². The Bertz CT molecular complexity index is 258. The second kappa shape index (κ2) is 4.49. The Kier molecular flexibility index (Phi) is 4.17. The van der Waals surface area contributed by atoms with E-state index in [0.717, 1.165) is 0 Å². The van der Waals surface area contributed by atoms with Gasteiger partial charge >= 0.3 is 0 Å². The molecule has 0 spiro atoms. The van der Waals surface area contributed by atoms with Gasteiger partial charge in [0.2, 0.25) is 0 Å². The van der Waals surface area contributed by atoms with Gasteiger partial charge in [0.15, 0.2) is 0 Å². The molecule has 0 amide bonds. The summed E-state index contributed by atoms with van der Waals surface area (Å²) in [6, 6.07) is 0. The van der Waals surface area contributed by atoms with Gasteiger partial charge in [0.25, 0.3) is 0 Å². The van der Waals surface area contributed by atoms with Crippen molar-refractivity contribution in [3.05, 3.63) is 0 Å². The SMILES string of the molecule is CC(=O)CC(C(C)=O)C(=O)C(C)(C)C. The summed E-state index contributed by atoms with van der Waals surface area (Å²) in [5, 5.41) is 0. The summed E-state index contributed by atoms with van der Waals surface area (Å²) in [6.45, 7) is 8.02. The van der Waals surface area contributed by atoms with E-state index in [2.05, 4.69) is 0 Å². The molecule has 3 nitrogen and oxygen atoms in total. The maximum absolute atomic E-state index is 11.8. The molecule has 0 aliphatic carbocycles. The van der Waals surface area contributed by atoms with Gasteiger partial charge in [-0.25, -0.2) is 0 Å². The lowest BCUT2D eigenvalue weighted by molar-refractivity contribution is -0.139.